The van der Waals surface area contributed by atoms with Crippen molar-refractivity contribution >= 4 is 11.8 Å². The lowest BCUT2D eigenvalue weighted by atomic mass is 10.0. The third kappa shape index (κ3) is 4.84. The lowest BCUT2D eigenvalue weighted by molar-refractivity contribution is -0.117. The van der Waals surface area contributed by atoms with E-state index in [2.05, 4.69) is 5.32 Å². The van der Waals surface area contributed by atoms with Crippen molar-refractivity contribution in [1.29, 1.82) is 0 Å². The number of nitrogens with zero attached hydrogens (tertiary/aromatic N) is 1. The number of hydrogen-bond acceptors (Lipinski definition) is 3. The predicted molar refractivity (Wildman–Crippen MR) is 96.5 cm³/mol. The highest BCUT2D eigenvalue weighted by Gasteiger charge is 2.26. The topological polar surface area (TPSA) is 58.6 Å². The SMILES string of the molecule is CCOc1ccccc1C(=O)N1CCC(NC(=O)/C=C/C2CC2)CC1. The number of rotatable bonds is 6. The van der Waals surface area contributed by atoms with Crippen molar-refractivity contribution in [2.75, 3.05) is 19.7 Å². The fraction of sp³-hybridized carbons (Fsp3) is 0.500. The summed E-state index contributed by atoms with van der Waals surface area (Å²) in [6.07, 6.45) is 7.63. The van der Waals surface area contributed by atoms with Gasteiger partial charge < -0.3 is 15.0 Å². The van der Waals surface area contributed by atoms with Crippen LogP contribution < -0.4 is 10.1 Å². The number of amides is 2. The fourth-order valence-electron chi connectivity index (χ4n) is 3.08. The van der Waals surface area contributed by atoms with Gasteiger partial charge >= 0.3 is 0 Å². The Morgan fingerprint density at radius 1 is 1.20 bits per heavy atom. The van der Waals surface area contributed by atoms with Crippen molar-refractivity contribution in [2.45, 2.75) is 38.6 Å². The molecule has 1 aliphatic heterocycles. The minimum atomic E-state index is -0.0154. The molecular formula is C20H26N2O3. The van der Waals surface area contributed by atoms with E-state index < -0.39 is 0 Å². The standard InChI is InChI=1S/C20H26N2O3/c1-2-25-18-6-4-3-5-17(18)20(24)22-13-11-16(12-14-22)21-19(23)10-9-15-7-8-15/h3-6,9-10,15-16H,2,7-8,11-14H2,1H3,(H,21,23)/b10-9+. The second-order valence-corrected chi connectivity index (χ2v) is 6.70. The maximum absolute atomic E-state index is 12.8. The van der Waals surface area contributed by atoms with E-state index in [9.17, 15) is 9.59 Å². The first-order valence-electron chi connectivity index (χ1n) is 9.17. The minimum Gasteiger partial charge on any atom is -0.493 e. The van der Waals surface area contributed by atoms with Crippen LogP contribution in [0.5, 0.6) is 5.75 Å². The smallest absolute Gasteiger partial charge is 0.257 e. The summed E-state index contributed by atoms with van der Waals surface area (Å²) in [5.74, 6) is 1.23. The molecule has 1 heterocycles. The molecule has 2 amide bonds. The molecule has 5 heteroatoms. The molecule has 1 aromatic carbocycles. The number of ether oxygens (including phenoxy) is 1. The van der Waals surface area contributed by atoms with Crippen molar-refractivity contribution in [3.63, 3.8) is 0 Å². The van der Waals surface area contributed by atoms with Gasteiger partial charge in [0.1, 0.15) is 5.75 Å². The van der Waals surface area contributed by atoms with Crippen LogP contribution in [0.1, 0.15) is 43.0 Å². The molecule has 0 atom stereocenters. The number of para-hydroxylation sites is 1. The zero-order valence-electron chi connectivity index (χ0n) is 14.7. The fourth-order valence-corrected chi connectivity index (χ4v) is 3.08. The number of nitrogens with one attached hydrogen (secondary N) is 1. The summed E-state index contributed by atoms with van der Waals surface area (Å²) in [5, 5.41) is 3.04. The van der Waals surface area contributed by atoms with Gasteiger partial charge in [-0.15, -0.1) is 0 Å². The average molecular weight is 342 g/mol. The summed E-state index contributed by atoms with van der Waals surface area (Å²) < 4.78 is 5.56. The van der Waals surface area contributed by atoms with Crippen LogP contribution in [0.25, 0.3) is 0 Å². The number of benzene rings is 1. The molecule has 0 spiro atoms. The number of carbonyl (C=O) groups excluding carboxylic acids is 2. The number of carbonyl (C=O) groups is 2. The molecule has 0 bridgehead atoms. The molecule has 25 heavy (non-hydrogen) atoms. The lowest BCUT2D eigenvalue weighted by Crippen LogP contribution is -2.46. The zero-order chi connectivity index (χ0) is 17.6. The van der Waals surface area contributed by atoms with E-state index in [1.165, 1.54) is 12.8 Å². The van der Waals surface area contributed by atoms with Gasteiger partial charge in [-0.1, -0.05) is 18.2 Å². The van der Waals surface area contributed by atoms with Crippen LogP contribution in [-0.2, 0) is 4.79 Å². The van der Waals surface area contributed by atoms with Crippen LogP contribution in [0.15, 0.2) is 36.4 Å². The van der Waals surface area contributed by atoms with Crippen molar-refractivity contribution in [1.82, 2.24) is 10.2 Å². The molecule has 1 aromatic rings. The molecule has 134 valence electrons. The number of hydrogen-bond donors (Lipinski definition) is 1. The van der Waals surface area contributed by atoms with Gasteiger partial charge in [0.2, 0.25) is 5.91 Å². The molecular weight excluding hydrogens is 316 g/mol. The second kappa shape index (κ2) is 8.19. The van der Waals surface area contributed by atoms with Gasteiger partial charge in [-0.2, -0.15) is 0 Å². The van der Waals surface area contributed by atoms with Gasteiger partial charge in [-0.25, -0.2) is 0 Å². The number of piperidine rings is 1. The first-order chi connectivity index (χ1) is 12.2. The van der Waals surface area contributed by atoms with Gasteiger partial charge in [0.25, 0.3) is 5.91 Å². The van der Waals surface area contributed by atoms with E-state index in [1.807, 2.05) is 42.2 Å². The summed E-state index contributed by atoms with van der Waals surface area (Å²) in [5.41, 5.74) is 0.610. The van der Waals surface area contributed by atoms with Crippen molar-refractivity contribution < 1.29 is 14.3 Å². The summed E-state index contributed by atoms with van der Waals surface area (Å²) in [6.45, 7) is 3.74. The molecule has 1 aliphatic carbocycles. The molecule has 2 aliphatic rings. The largest absolute Gasteiger partial charge is 0.493 e. The van der Waals surface area contributed by atoms with E-state index in [4.69, 9.17) is 4.74 Å². The first kappa shape index (κ1) is 17.5. The summed E-state index contributed by atoms with van der Waals surface area (Å²) in [4.78, 5) is 26.5. The van der Waals surface area contributed by atoms with Crippen LogP contribution in [0.4, 0.5) is 0 Å². The van der Waals surface area contributed by atoms with Crippen LogP contribution in [0.3, 0.4) is 0 Å². The van der Waals surface area contributed by atoms with Crippen molar-refractivity contribution in [3.05, 3.63) is 42.0 Å². The van der Waals surface area contributed by atoms with Gasteiger partial charge in [0, 0.05) is 19.1 Å². The van der Waals surface area contributed by atoms with Crippen LogP contribution in [0, 0.1) is 5.92 Å². The molecule has 1 saturated heterocycles. The molecule has 1 saturated carbocycles. The van der Waals surface area contributed by atoms with Gasteiger partial charge in [-0.3, -0.25) is 9.59 Å². The lowest BCUT2D eigenvalue weighted by Gasteiger charge is -2.32. The Bertz CT molecular complexity index is 644. The summed E-state index contributed by atoms with van der Waals surface area (Å²) in [6, 6.07) is 7.51. The highest BCUT2D eigenvalue weighted by Crippen LogP contribution is 2.29. The third-order valence-corrected chi connectivity index (χ3v) is 4.69. The zero-order valence-corrected chi connectivity index (χ0v) is 14.7. The Balaban J connectivity index is 1.51. The van der Waals surface area contributed by atoms with E-state index in [0.717, 1.165) is 12.8 Å². The maximum atomic E-state index is 12.8. The monoisotopic (exact) mass is 342 g/mol. The van der Waals surface area contributed by atoms with E-state index in [0.29, 0.717) is 36.9 Å². The second-order valence-electron chi connectivity index (χ2n) is 6.70. The molecule has 5 nitrogen and oxygen atoms in total. The number of allylic oxidation sites excluding steroid dienone is 1. The number of likely N-dealkylation sites (tertiary alicyclic amines) is 1. The minimum absolute atomic E-state index is 0.00227. The normalized spacial score (nSPS) is 18.4. The van der Waals surface area contributed by atoms with Gasteiger partial charge in [0.15, 0.2) is 0 Å². The summed E-state index contributed by atoms with van der Waals surface area (Å²) >= 11 is 0. The molecule has 2 fully saturated rings. The Morgan fingerprint density at radius 2 is 1.92 bits per heavy atom. The van der Waals surface area contributed by atoms with Gasteiger partial charge in [-0.05, 0) is 56.7 Å². The Labute approximate surface area is 149 Å². The van der Waals surface area contributed by atoms with Crippen LogP contribution >= 0.6 is 0 Å². The van der Waals surface area contributed by atoms with Crippen LogP contribution in [0.2, 0.25) is 0 Å². The van der Waals surface area contributed by atoms with Crippen molar-refractivity contribution in [3.8, 4) is 5.75 Å². The Hall–Kier alpha value is -2.30. The quantitative estimate of drug-likeness (QED) is 0.809. The Kier molecular flexibility index (Phi) is 5.74. The van der Waals surface area contributed by atoms with E-state index in [1.54, 1.807) is 6.08 Å². The Morgan fingerprint density at radius 3 is 2.60 bits per heavy atom. The molecule has 0 aromatic heterocycles. The third-order valence-electron chi connectivity index (χ3n) is 4.69. The highest BCUT2D eigenvalue weighted by molar-refractivity contribution is 5.97. The highest BCUT2D eigenvalue weighted by atomic mass is 16.5. The average Bonchev–Trinajstić information content (AvgIpc) is 3.45. The van der Waals surface area contributed by atoms with Crippen molar-refractivity contribution in [2.24, 2.45) is 5.92 Å². The maximum Gasteiger partial charge on any atom is 0.257 e. The van der Waals surface area contributed by atoms with Gasteiger partial charge in [0.05, 0.1) is 12.2 Å². The molecule has 3 rings (SSSR count). The van der Waals surface area contributed by atoms with Crippen LogP contribution in [-0.4, -0.2) is 42.5 Å². The van der Waals surface area contributed by atoms with E-state index >= 15 is 0 Å². The van der Waals surface area contributed by atoms with E-state index in [-0.39, 0.29) is 17.9 Å². The molecule has 1 N–H and O–H groups in total. The molecule has 0 unspecified atom stereocenters. The predicted octanol–water partition coefficient (Wildman–Crippen LogP) is 2.77. The molecule has 0 radical (unpaired) electrons. The summed E-state index contributed by atoms with van der Waals surface area (Å²) in [7, 11) is 0. The first-order valence-corrected chi connectivity index (χ1v) is 9.17.